The summed E-state index contributed by atoms with van der Waals surface area (Å²) >= 11 is 0. The summed E-state index contributed by atoms with van der Waals surface area (Å²) in [5, 5.41) is 11.4. The molecule has 96 valence electrons. The molecular formula is C16H21NO. The molecule has 0 saturated heterocycles. The summed E-state index contributed by atoms with van der Waals surface area (Å²) in [7, 11) is 0. The predicted molar refractivity (Wildman–Crippen MR) is 76.7 cm³/mol. The van der Waals surface area contributed by atoms with Gasteiger partial charge in [-0.2, -0.15) is 0 Å². The van der Waals surface area contributed by atoms with E-state index in [1.807, 2.05) is 30.3 Å². The number of rotatable bonds is 0. The number of aromatic hydroxyl groups is 1. The normalized spacial score (nSPS) is 16.1. The Morgan fingerprint density at radius 3 is 2.17 bits per heavy atom. The van der Waals surface area contributed by atoms with Crippen LogP contribution in [0.4, 0.5) is 0 Å². The second-order valence-electron chi connectivity index (χ2n) is 4.93. The molecule has 0 unspecified atom stereocenters. The SMILES string of the molecule is NC1CCCCC1.Oc1ccc2ccccc2c1. The Hall–Kier alpha value is -1.54. The highest BCUT2D eigenvalue weighted by Gasteiger charge is 2.06. The zero-order valence-electron chi connectivity index (χ0n) is 10.7. The van der Waals surface area contributed by atoms with Crippen LogP contribution in [0.1, 0.15) is 32.1 Å². The lowest BCUT2D eigenvalue weighted by Crippen LogP contribution is -2.22. The third kappa shape index (κ3) is 3.74. The van der Waals surface area contributed by atoms with Crippen molar-refractivity contribution in [3.05, 3.63) is 42.5 Å². The molecule has 18 heavy (non-hydrogen) atoms. The van der Waals surface area contributed by atoms with Gasteiger partial charge >= 0.3 is 0 Å². The molecule has 0 amide bonds. The van der Waals surface area contributed by atoms with E-state index in [0.717, 1.165) is 10.8 Å². The van der Waals surface area contributed by atoms with Gasteiger partial charge in [-0.1, -0.05) is 49.6 Å². The fraction of sp³-hybridized carbons (Fsp3) is 0.375. The second kappa shape index (κ2) is 6.41. The standard InChI is InChI=1S/C10H8O.C6H13N/c11-10-6-5-8-3-1-2-4-9(8)7-10;7-6-4-2-1-3-5-6/h1-7,11H;6H,1-5,7H2. The molecule has 0 radical (unpaired) electrons. The Morgan fingerprint density at radius 2 is 1.56 bits per heavy atom. The van der Waals surface area contributed by atoms with Crippen molar-refractivity contribution in [3.8, 4) is 5.75 Å². The molecule has 1 aliphatic rings. The summed E-state index contributed by atoms with van der Waals surface area (Å²) in [5.74, 6) is 0.323. The van der Waals surface area contributed by atoms with E-state index in [1.54, 1.807) is 12.1 Å². The van der Waals surface area contributed by atoms with Crippen molar-refractivity contribution < 1.29 is 5.11 Å². The van der Waals surface area contributed by atoms with Crippen molar-refractivity contribution in [2.45, 2.75) is 38.1 Å². The Kier molecular flexibility index (Phi) is 4.59. The molecular weight excluding hydrogens is 222 g/mol. The minimum atomic E-state index is 0.323. The third-order valence-electron chi connectivity index (χ3n) is 3.38. The van der Waals surface area contributed by atoms with Gasteiger partial charge in [0, 0.05) is 6.04 Å². The van der Waals surface area contributed by atoms with Gasteiger partial charge in [0.2, 0.25) is 0 Å². The van der Waals surface area contributed by atoms with Crippen molar-refractivity contribution in [3.63, 3.8) is 0 Å². The molecule has 2 nitrogen and oxygen atoms in total. The smallest absolute Gasteiger partial charge is 0.116 e. The van der Waals surface area contributed by atoms with E-state index in [0.29, 0.717) is 11.8 Å². The average Bonchev–Trinajstić information content (AvgIpc) is 2.40. The number of phenolic OH excluding ortho intramolecular Hbond substituents is 1. The first kappa shape index (κ1) is 12.9. The second-order valence-corrected chi connectivity index (χ2v) is 4.93. The maximum atomic E-state index is 9.13. The molecule has 0 atom stereocenters. The van der Waals surface area contributed by atoms with Crippen LogP contribution in [0, 0.1) is 0 Å². The summed E-state index contributed by atoms with van der Waals surface area (Å²) in [6, 6.07) is 13.8. The van der Waals surface area contributed by atoms with E-state index in [4.69, 9.17) is 10.8 Å². The van der Waals surface area contributed by atoms with E-state index in [-0.39, 0.29) is 0 Å². The highest BCUT2D eigenvalue weighted by molar-refractivity contribution is 5.83. The lowest BCUT2D eigenvalue weighted by Gasteiger charge is -2.15. The predicted octanol–water partition coefficient (Wildman–Crippen LogP) is 3.82. The van der Waals surface area contributed by atoms with Crippen LogP contribution in [0.25, 0.3) is 10.8 Å². The van der Waals surface area contributed by atoms with Crippen LogP contribution >= 0.6 is 0 Å². The van der Waals surface area contributed by atoms with Gasteiger partial charge in [0.15, 0.2) is 0 Å². The Balaban J connectivity index is 0.000000149. The molecule has 1 aliphatic carbocycles. The van der Waals surface area contributed by atoms with Crippen molar-refractivity contribution in [2.24, 2.45) is 5.73 Å². The summed E-state index contributed by atoms with van der Waals surface area (Å²) in [4.78, 5) is 0. The number of nitrogens with two attached hydrogens (primary N) is 1. The van der Waals surface area contributed by atoms with Gasteiger partial charge in [-0.25, -0.2) is 0 Å². The van der Waals surface area contributed by atoms with Crippen molar-refractivity contribution >= 4 is 10.8 Å². The first-order chi connectivity index (χ1) is 8.75. The van der Waals surface area contributed by atoms with Gasteiger partial charge in [-0.3, -0.25) is 0 Å². The minimum Gasteiger partial charge on any atom is -0.508 e. The first-order valence-corrected chi connectivity index (χ1v) is 6.69. The molecule has 0 heterocycles. The molecule has 3 N–H and O–H groups in total. The van der Waals surface area contributed by atoms with E-state index in [9.17, 15) is 0 Å². The lowest BCUT2D eigenvalue weighted by molar-refractivity contribution is 0.441. The van der Waals surface area contributed by atoms with Crippen LogP contribution in [-0.2, 0) is 0 Å². The van der Waals surface area contributed by atoms with Crippen LogP contribution in [0.2, 0.25) is 0 Å². The largest absolute Gasteiger partial charge is 0.508 e. The molecule has 0 aromatic heterocycles. The van der Waals surface area contributed by atoms with Gasteiger partial charge in [-0.05, 0) is 35.7 Å². The molecule has 3 rings (SSSR count). The Bertz CT molecular complexity index is 489. The van der Waals surface area contributed by atoms with Crippen molar-refractivity contribution in [1.82, 2.24) is 0 Å². The van der Waals surface area contributed by atoms with E-state index in [2.05, 4.69) is 0 Å². The quantitative estimate of drug-likeness (QED) is 0.738. The summed E-state index contributed by atoms with van der Waals surface area (Å²) in [6.45, 7) is 0. The molecule has 2 heteroatoms. The highest BCUT2D eigenvalue weighted by atomic mass is 16.3. The summed E-state index contributed by atoms with van der Waals surface area (Å²) < 4.78 is 0. The topological polar surface area (TPSA) is 46.2 Å². The van der Waals surface area contributed by atoms with Gasteiger partial charge < -0.3 is 10.8 Å². The van der Waals surface area contributed by atoms with Gasteiger partial charge in [0.25, 0.3) is 0 Å². The molecule has 2 aromatic carbocycles. The van der Waals surface area contributed by atoms with Crippen LogP contribution in [0.5, 0.6) is 5.75 Å². The van der Waals surface area contributed by atoms with E-state index >= 15 is 0 Å². The Morgan fingerprint density at radius 1 is 0.889 bits per heavy atom. The van der Waals surface area contributed by atoms with Crippen molar-refractivity contribution in [1.29, 1.82) is 0 Å². The highest BCUT2D eigenvalue weighted by Crippen LogP contribution is 2.18. The maximum Gasteiger partial charge on any atom is 0.116 e. The van der Waals surface area contributed by atoms with Crippen LogP contribution < -0.4 is 5.73 Å². The van der Waals surface area contributed by atoms with Crippen LogP contribution in [0.15, 0.2) is 42.5 Å². The van der Waals surface area contributed by atoms with Gasteiger partial charge in [0.05, 0.1) is 0 Å². The van der Waals surface area contributed by atoms with E-state index < -0.39 is 0 Å². The maximum absolute atomic E-state index is 9.13. The number of hydrogen-bond donors (Lipinski definition) is 2. The summed E-state index contributed by atoms with van der Waals surface area (Å²) in [5.41, 5.74) is 5.63. The van der Waals surface area contributed by atoms with Crippen LogP contribution in [-0.4, -0.2) is 11.1 Å². The minimum absolute atomic E-state index is 0.323. The number of benzene rings is 2. The zero-order valence-corrected chi connectivity index (χ0v) is 10.7. The Labute approximate surface area is 108 Å². The lowest BCUT2D eigenvalue weighted by atomic mass is 9.97. The fourth-order valence-electron chi connectivity index (χ4n) is 2.31. The van der Waals surface area contributed by atoms with Gasteiger partial charge in [-0.15, -0.1) is 0 Å². The molecule has 0 spiro atoms. The zero-order chi connectivity index (χ0) is 12.8. The van der Waals surface area contributed by atoms with Crippen LogP contribution in [0.3, 0.4) is 0 Å². The first-order valence-electron chi connectivity index (χ1n) is 6.69. The monoisotopic (exact) mass is 243 g/mol. The van der Waals surface area contributed by atoms with Crippen molar-refractivity contribution in [2.75, 3.05) is 0 Å². The van der Waals surface area contributed by atoms with Gasteiger partial charge in [0.1, 0.15) is 5.75 Å². The third-order valence-corrected chi connectivity index (χ3v) is 3.38. The fourth-order valence-corrected chi connectivity index (χ4v) is 2.31. The van der Waals surface area contributed by atoms with E-state index in [1.165, 1.54) is 32.1 Å². The molecule has 0 bridgehead atoms. The molecule has 0 aliphatic heterocycles. The number of fused-ring (bicyclic) bond motifs is 1. The molecule has 1 fully saturated rings. The summed E-state index contributed by atoms with van der Waals surface area (Å²) in [6.07, 6.45) is 6.66. The molecule has 2 aromatic rings. The number of hydrogen-bond acceptors (Lipinski definition) is 2. The molecule has 1 saturated carbocycles. The number of phenols is 1. The average molecular weight is 243 g/mol.